The molecule has 2 aliphatic rings. The van der Waals surface area contributed by atoms with Crippen molar-refractivity contribution >= 4 is 23.1 Å². The number of carbonyl (C=O) groups excluding carboxylic acids is 2. The second-order valence-electron chi connectivity index (χ2n) is 10.6. The van der Waals surface area contributed by atoms with Crippen molar-refractivity contribution in [1.82, 2.24) is 10.3 Å². The topological polar surface area (TPSA) is 74.3 Å². The number of rotatable bonds is 5. The molecule has 6 heteroatoms. The van der Waals surface area contributed by atoms with Gasteiger partial charge < -0.3 is 15.5 Å². The van der Waals surface area contributed by atoms with Gasteiger partial charge in [-0.05, 0) is 48.1 Å². The molecule has 0 spiro atoms. The van der Waals surface area contributed by atoms with Crippen LogP contribution in [-0.2, 0) is 16.1 Å². The maximum atomic E-state index is 13.7. The summed E-state index contributed by atoms with van der Waals surface area (Å²) >= 11 is 0. The fraction of sp³-hybridized carbons (Fsp3) is 0.300. The third kappa shape index (κ3) is 4.89. The molecule has 1 aromatic heterocycles. The summed E-state index contributed by atoms with van der Waals surface area (Å²) < 4.78 is 0. The first-order valence-corrected chi connectivity index (χ1v) is 12.4. The standard InChI is InChI=1S/C30H32N4O2/c1-20-10-12-22(13-11-20)29-28-24(15-30(2,3)16-26(28)35)33-23-8-4-5-9-25(23)34(29)19-27(36)32-18-21-7-6-14-31-17-21/h4-14,17,29,33H,15-16,18-19H2,1-3H3,(H,32,36). The van der Waals surface area contributed by atoms with Gasteiger partial charge >= 0.3 is 0 Å². The lowest BCUT2D eigenvalue weighted by molar-refractivity contribution is -0.120. The van der Waals surface area contributed by atoms with Crippen LogP contribution in [0.5, 0.6) is 0 Å². The second kappa shape index (κ2) is 9.61. The van der Waals surface area contributed by atoms with Crippen LogP contribution in [0.4, 0.5) is 11.4 Å². The number of nitrogens with zero attached hydrogens (tertiary/aromatic N) is 2. The lowest BCUT2D eigenvalue weighted by atomic mass is 9.73. The van der Waals surface area contributed by atoms with Gasteiger partial charge in [0.25, 0.3) is 0 Å². The van der Waals surface area contributed by atoms with E-state index in [0.717, 1.165) is 45.8 Å². The highest BCUT2D eigenvalue weighted by Gasteiger charge is 2.41. The Kier molecular flexibility index (Phi) is 6.35. The summed E-state index contributed by atoms with van der Waals surface area (Å²) in [7, 11) is 0. The Labute approximate surface area is 212 Å². The highest BCUT2D eigenvalue weighted by atomic mass is 16.2. The van der Waals surface area contributed by atoms with Gasteiger partial charge in [-0.1, -0.05) is 61.9 Å². The van der Waals surface area contributed by atoms with Crippen molar-refractivity contribution in [3.8, 4) is 0 Å². The average Bonchev–Trinajstić information content (AvgIpc) is 2.98. The zero-order chi connectivity index (χ0) is 25.3. The van der Waals surface area contributed by atoms with Crippen LogP contribution in [0.3, 0.4) is 0 Å². The first kappa shape index (κ1) is 23.8. The summed E-state index contributed by atoms with van der Waals surface area (Å²) in [4.78, 5) is 33.2. The molecule has 3 aromatic rings. The van der Waals surface area contributed by atoms with Crippen LogP contribution in [0.2, 0.25) is 0 Å². The average molecular weight is 481 g/mol. The molecular formula is C30H32N4O2. The molecule has 1 aliphatic heterocycles. The Balaban J connectivity index is 1.58. The number of allylic oxidation sites excluding steroid dienone is 1. The highest BCUT2D eigenvalue weighted by Crippen LogP contribution is 2.48. The number of fused-ring (bicyclic) bond motifs is 1. The maximum absolute atomic E-state index is 13.7. The van der Waals surface area contributed by atoms with E-state index >= 15 is 0 Å². The molecule has 0 saturated carbocycles. The SMILES string of the molecule is Cc1ccc(C2C3=C(CC(C)(C)CC3=O)Nc3ccccc3N2CC(=O)NCc2cccnc2)cc1. The highest BCUT2D eigenvalue weighted by molar-refractivity contribution is 6.01. The molecule has 2 aromatic carbocycles. The Morgan fingerprint density at radius 1 is 1.08 bits per heavy atom. The van der Waals surface area contributed by atoms with Crippen LogP contribution >= 0.6 is 0 Å². The quantitative estimate of drug-likeness (QED) is 0.517. The van der Waals surface area contributed by atoms with Crippen LogP contribution in [-0.4, -0.2) is 23.2 Å². The van der Waals surface area contributed by atoms with Crippen LogP contribution in [0, 0.1) is 12.3 Å². The largest absolute Gasteiger partial charge is 0.357 e. The van der Waals surface area contributed by atoms with E-state index in [-0.39, 0.29) is 29.7 Å². The molecule has 36 heavy (non-hydrogen) atoms. The summed E-state index contributed by atoms with van der Waals surface area (Å²) in [5.74, 6) is 0.0197. The van der Waals surface area contributed by atoms with Gasteiger partial charge in [-0.3, -0.25) is 14.6 Å². The smallest absolute Gasteiger partial charge is 0.239 e. The van der Waals surface area contributed by atoms with Gasteiger partial charge in [-0.2, -0.15) is 0 Å². The molecule has 1 unspecified atom stereocenters. The third-order valence-corrected chi connectivity index (χ3v) is 6.92. The number of pyridine rings is 1. The number of hydrogen-bond donors (Lipinski definition) is 2. The van der Waals surface area contributed by atoms with Crippen molar-refractivity contribution in [3.63, 3.8) is 0 Å². The van der Waals surface area contributed by atoms with Crippen molar-refractivity contribution in [3.05, 3.63) is 101 Å². The summed E-state index contributed by atoms with van der Waals surface area (Å²) in [6.45, 7) is 6.84. The Bertz CT molecular complexity index is 1310. The zero-order valence-corrected chi connectivity index (χ0v) is 21.0. The third-order valence-electron chi connectivity index (χ3n) is 6.92. The van der Waals surface area contributed by atoms with Gasteiger partial charge in [0.05, 0.1) is 24.0 Å². The van der Waals surface area contributed by atoms with Crippen LogP contribution in [0.15, 0.2) is 84.3 Å². The normalized spacial score (nSPS) is 18.6. The lowest BCUT2D eigenvalue weighted by Gasteiger charge is -2.38. The van der Waals surface area contributed by atoms with E-state index in [0.29, 0.717) is 13.0 Å². The van der Waals surface area contributed by atoms with Crippen molar-refractivity contribution in [1.29, 1.82) is 0 Å². The van der Waals surface area contributed by atoms with Crippen molar-refractivity contribution in [2.75, 3.05) is 16.8 Å². The minimum Gasteiger partial charge on any atom is -0.357 e. The van der Waals surface area contributed by atoms with Gasteiger partial charge in [0.15, 0.2) is 5.78 Å². The van der Waals surface area contributed by atoms with E-state index in [9.17, 15) is 9.59 Å². The maximum Gasteiger partial charge on any atom is 0.239 e. The summed E-state index contributed by atoms with van der Waals surface area (Å²) in [5, 5.41) is 6.63. The minimum absolute atomic E-state index is 0.113. The number of hydrogen-bond acceptors (Lipinski definition) is 5. The molecule has 184 valence electrons. The van der Waals surface area contributed by atoms with Crippen molar-refractivity contribution in [2.45, 2.75) is 46.2 Å². The predicted molar refractivity (Wildman–Crippen MR) is 142 cm³/mol. The molecule has 0 saturated heterocycles. The molecule has 2 N–H and O–H groups in total. The van der Waals surface area contributed by atoms with Gasteiger partial charge in [0, 0.05) is 36.6 Å². The number of ketones is 1. The van der Waals surface area contributed by atoms with E-state index in [1.54, 1.807) is 12.4 Å². The van der Waals surface area contributed by atoms with Gasteiger partial charge in [-0.25, -0.2) is 0 Å². The fourth-order valence-electron chi connectivity index (χ4n) is 5.24. The summed E-state index contributed by atoms with van der Waals surface area (Å²) in [6.07, 6.45) is 4.71. The minimum atomic E-state index is -0.371. The molecule has 1 atom stereocenters. The molecular weight excluding hydrogens is 448 g/mol. The first-order chi connectivity index (χ1) is 17.3. The second-order valence-corrected chi connectivity index (χ2v) is 10.6. The number of aryl methyl sites for hydroxylation is 1. The molecule has 0 radical (unpaired) electrons. The van der Waals surface area contributed by atoms with E-state index in [4.69, 9.17) is 0 Å². The Morgan fingerprint density at radius 2 is 1.86 bits per heavy atom. The van der Waals surface area contributed by atoms with E-state index in [1.165, 1.54) is 0 Å². The van der Waals surface area contributed by atoms with E-state index in [1.807, 2.05) is 36.4 Å². The van der Waals surface area contributed by atoms with Gasteiger partial charge in [0.2, 0.25) is 5.91 Å². The van der Waals surface area contributed by atoms with Crippen LogP contribution in [0.1, 0.15) is 49.4 Å². The summed E-state index contributed by atoms with van der Waals surface area (Å²) in [6, 6.07) is 19.7. The first-order valence-electron chi connectivity index (χ1n) is 12.4. The van der Waals surface area contributed by atoms with E-state index < -0.39 is 0 Å². The van der Waals surface area contributed by atoms with Crippen LogP contribution in [0.25, 0.3) is 0 Å². The number of anilines is 2. The van der Waals surface area contributed by atoms with Crippen LogP contribution < -0.4 is 15.5 Å². The molecule has 1 aliphatic carbocycles. The molecule has 0 bridgehead atoms. The summed E-state index contributed by atoms with van der Waals surface area (Å²) in [5.41, 5.74) is 6.48. The monoisotopic (exact) mass is 480 g/mol. The molecule has 1 amide bonds. The van der Waals surface area contributed by atoms with Crippen molar-refractivity contribution in [2.24, 2.45) is 5.41 Å². The van der Waals surface area contributed by atoms with Crippen molar-refractivity contribution < 1.29 is 9.59 Å². The predicted octanol–water partition coefficient (Wildman–Crippen LogP) is 5.32. The fourth-order valence-corrected chi connectivity index (χ4v) is 5.24. The Morgan fingerprint density at radius 3 is 2.61 bits per heavy atom. The number of amides is 1. The molecule has 0 fully saturated rings. The Hall–Kier alpha value is -3.93. The van der Waals surface area contributed by atoms with Gasteiger partial charge in [-0.15, -0.1) is 0 Å². The number of carbonyl (C=O) groups is 2. The molecule has 6 nitrogen and oxygen atoms in total. The lowest BCUT2D eigenvalue weighted by Crippen LogP contribution is -2.41. The zero-order valence-electron chi connectivity index (χ0n) is 21.0. The number of Topliss-reactive ketones (excluding diaryl/α,β-unsaturated/α-hetero) is 1. The molecule has 2 heterocycles. The van der Waals surface area contributed by atoms with E-state index in [2.05, 4.69) is 65.6 Å². The number of nitrogens with one attached hydrogen (secondary N) is 2. The number of para-hydroxylation sites is 2. The number of benzene rings is 2. The van der Waals surface area contributed by atoms with Gasteiger partial charge in [0.1, 0.15) is 0 Å². The molecule has 5 rings (SSSR count). The number of aromatic nitrogens is 1.